The van der Waals surface area contributed by atoms with E-state index in [1.165, 1.54) is 89.9 Å². The highest BCUT2D eigenvalue weighted by atomic mass is 16.3. The van der Waals surface area contributed by atoms with Gasteiger partial charge in [0.2, 0.25) is 0 Å². The highest BCUT2D eigenvalue weighted by Gasteiger charge is 2.06. The van der Waals surface area contributed by atoms with E-state index in [4.69, 9.17) is 10.8 Å². The molecule has 0 saturated carbocycles. The third kappa shape index (κ3) is 16.3. The van der Waals surface area contributed by atoms with E-state index in [1.807, 2.05) is 0 Å². The van der Waals surface area contributed by atoms with Crippen LogP contribution in [-0.2, 0) is 0 Å². The molecule has 0 fully saturated rings. The highest BCUT2D eigenvalue weighted by Crippen LogP contribution is 2.18. The fourth-order valence-electron chi connectivity index (χ4n) is 3.30. The Labute approximate surface area is 140 Å². The Morgan fingerprint density at radius 2 is 1.09 bits per heavy atom. The maximum Gasteiger partial charge on any atom is 0.0433 e. The first-order valence-corrected chi connectivity index (χ1v) is 10.2. The number of nitrogens with two attached hydrogens (primary N) is 1. The van der Waals surface area contributed by atoms with Crippen LogP contribution >= 0.6 is 0 Å². The lowest BCUT2D eigenvalue weighted by Crippen LogP contribution is -2.10. The van der Waals surface area contributed by atoms with Gasteiger partial charge in [-0.05, 0) is 25.3 Å². The molecule has 0 bridgehead atoms. The highest BCUT2D eigenvalue weighted by molar-refractivity contribution is 4.60. The third-order valence-corrected chi connectivity index (χ3v) is 4.83. The zero-order chi connectivity index (χ0) is 16.3. The van der Waals surface area contributed by atoms with Gasteiger partial charge < -0.3 is 10.8 Å². The van der Waals surface area contributed by atoms with Crippen LogP contribution in [0, 0.1) is 5.92 Å². The van der Waals surface area contributed by atoms with Crippen molar-refractivity contribution < 1.29 is 5.11 Å². The number of unbranched alkanes of at least 4 members (excludes halogenated alkanes) is 12. The molecule has 0 aliphatic heterocycles. The molecule has 3 N–H and O–H groups in total. The summed E-state index contributed by atoms with van der Waals surface area (Å²) in [7, 11) is 0. The Hall–Kier alpha value is -0.0800. The molecular formula is C20H43NO. The number of aliphatic hydroxyl groups is 1. The van der Waals surface area contributed by atoms with E-state index in [0.717, 1.165) is 19.4 Å². The summed E-state index contributed by atoms with van der Waals surface area (Å²) in [5, 5.41) is 9.03. The van der Waals surface area contributed by atoms with Gasteiger partial charge >= 0.3 is 0 Å². The summed E-state index contributed by atoms with van der Waals surface area (Å²) < 4.78 is 0. The minimum absolute atomic E-state index is 0.323. The van der Waals surface area contributed by atoms with Crippen molar-refractivity contribution in [3.05, 3.63) is 0 Å². The molecule has 0 aromatic heterocycles. The molecule has 0 aliphatic carbocycles. The standard InChI is InChI=1S/C20H43NO/c1-2-3-4-5-6-7-8-9-10-11-12-13-14-15-20(16-18-21)17-19-22/h20,22H,2-19,21H2,1H3. The van der Waals surface area contributed by atoms with Crippen molar-refractivity contribution in [1.29, 1.82) is 0 Å². The minimum atomic E-state index is 0.323. The first-order valence-electron chi connectivity index (χ1n) is 10.2. The summed E-state index contributed by atoms with van der Waals surface area (Å²) in [6.45, 7) is 3.37. The van der Waals surface area contributed by atoms with Crippen LogP contribution in [0.25, 0.3) is 0 Å². The van der Waals surface area contributed by atoms with Crippen molar-refractivity contribution in [2.45, 2.75) is 110 Å². The third-order valence-electron chi connectivity index (χ3n) is 4.83. The second-order valence-corrected chi connectivity index (χ2v) is 6.99. The van der Waals surface area contributed by atoms with E-state index in [-0.39, 0.29) is 0 Å². The Bertz CT molecular complexity index is 190. The van der Waals surface area contributed by atoms with Gasteiger partial charge in [0.1, 0.15) is 0 Å². The normalized spacial score (nSPS) is 12.7. The zero-order valence-electron chi connectivity index (χ0n) is 15.3. The molecule has 0 radical (unpaired) electrons. The summed E-state index contributed by atoms with van der Waals surface area (Å²) in [5.74, 6) is 0.655. The number of rotatable bonds is 18. The Morgan fingerprint density at radius 3 is 1.50 bits per heavy atom. The SMILES string of the molecule is CCCCCCCCCCCCCCCC(CCN)CCO. The van der Waals surface area contributed by atoms with Crippen LogP contribution in [-0.4, -0.2) is 18.3 Å². The molecule has 2 nitrogen and oxygen atoms in total. The van der Waals surface area contributed by atoms with Gasteiger partial charge in [-0.3, -0.25) is 0 Å². The lowest BCUT2D eigenvalue weighted by Gasteiger charge is -2.14. The monoisotopic (exact) mass is 313 g/mol. The molecular weight excluding hydrogens is 270 g/mol. The summed E-state index contributed by atoms with van der Waals surface area (Å²) in [4.78, 5) is 0. The molecule has 0 aromatic carbocycles. The molecule has 0 saturated heterocycles. The van der Waals surface area contributed by atoms with Crippen LogP contribution in [0.5, 0.6) is 0 Å². The Balaban J connectivity index is 3.16. The van der Waals surface area contributed by atoms with Gasteiger partial charge in [0.25, 0.3) is 0 Å². The van der Waals surface area contributed by atoms with Gasteiger partial charge in [0, 0.05) is 6.61 Å². The molecule has 0 spiro atoms. The van der Waals surface area contributed by atoms with Crippen LogP contribution in [0.4, 0.5) is 0 Å². The maximum absolute atomic E-state index is 9.03. The fourth-order valence-corrected chi connectivity index (χ4v) is 3.30. The Morgan fingerprint density at radius 1 is 0.636 bits per heavy atom. The first-order chi connectivity index (χ1) is 10.8. The predicted molar refractivity (Wildman–Crippen MR) is 99.2 cm³/mol. The lowest BCUT2D eigenvalue weighted by atomic mass is 9.94. The topological polar surface area (TPSA) is 46.2 Å². The smallest absolute Gasteiger partial charge is 0.0433 e. The van der Waals surface area contributed by atoms with E-state index in [2.05, 4.69) is 6.92 Å². The summed E-state index contributed by atoms with van der Waals surface area (Å²) in [6, 6.07) is 0. The van der Waals surface area contributed by atoms with Gasteiger partial charge in [-0.2, -0.15) is 0 Å². The molecule has 22 heavy (non-hydrogen) atoms. The summed E-state index contributed by atoms with van der Waals surface area (Å²) >= 11 is 0. The van der Waals surface area contributed by atoms with Crippen LogP contribution in [0.15, 0.2) is 0 Å². The van der Waals surface area contributed by atoms with E-state index in [9.17, 15) is 0 Å². The van der Waals surface area contributed by atoms with E-state index in [0.29, 0.717) is 12.5 Å². The maximum atomic E-state index is 9.03. The van der Waals surface area contributed by atoms with Gasteiger partial charge in [0.15, 0.2) is 0 Å². The summed E-state index contributed by atoms with van der Waals surface area (Å²) in [5.41, 5.74) is 5.62. The molecule has 0 heterocycles. The quantitative estimate of drug-likeness (QED) is 0.313. The first kappa shape index (κ1) is 21.9. The van der Waals surface area contributed by atoms with Crippen molar-refractivity contribution in [1.82, 2.24) is 0 Å². The van der Waals surface area contributed by atoms with Crippen molar-refractivity contribution in [2.24, 2.45) is 11.7 Å². The van der Waals surface area contributed by atoms with E-state index < -0.39 is 0 Å². The summed E-state index contributed by atoms with van der Waals surface area (Å²) in [6.07, 6.45) is 21.7. The molecule has 2 heteroatoms. The zero-order valence-corrected chi connectivity index (χ0v) is 15.3. The Kier molecular flexibility index (Phi) is 18.9. The average molecular weight is 314 g/mol. The second-order valence-electron chi connectivity index (χ2n) is 6.99. The lowest BCUT2D eigenvalue weighted by molar-refractivity contribution is 0.245. The number of aliphatic hydroxyl groups excluding tert-OH is 1. The van der Waals surface area contributed by atoms with Gasteiger partial charge in [-0.15, -0.1) is 0 Å². The van der Waals surface area contributed by atoms with Crippen molar-refractivity contribution in [2.75, 3.05) is 13.2 Å². The molecule has 1 atom stereocenters. The number of hydrogen-bond donors (Lipinski definition) is 2. The fraction of sp³-hybridized carbons (Fsp3) is 1.00. The van der Waals surface area contributed by atoms with Crippen molar-refractivity contribution in [3.8, 4) is 0 Å². The van der Waals surface area contributed by atoms with Crippen LogP contribution in [0.3, 0.4) is 0 Å². The minimum Gasteiger partial charge on any atom is -0.396 e. The average Bonchev–Trinajstić information content (AvgIpc) is 2.52. The van der Waals surface area contributed by atoms with Gasteiger partial charge in [-0.1, -0.05) is 96.8 Å². The molecule has 0 rings (SSSR count). The molecule has 0 aromatic rings. The van der Waals surface area contributed by atoms with Crippen LogP contribution in [0.2, 0.25) is 0 Å². The van der Waals surface area contributed by atoms with Gasteiger partial charge in [0.05, 0.1) is 0 Å². The van der Waals surface area contributed by atoms with E-state index in [1.54, 1.807) is 0 Å². The van der Waals surface area contributed by atoms with Crippen molar-refractivity contribution >= 4 is 0 Å². The molecule has 0 amide bonds. The van der Waals surface area contributed by atoms with Crippen molar-refractivity contribution in [3.63, 3.8) is 0 Å². The van der Waals surface area contributed by atoms with Crippen LogP contribution < -0.4 is 5.73 Å². The number of hydrogen-bond acceptors (Lipinski definition) is 2. The van der Waals surface area contributed by atoms with E-state index >= 15 is 0 Å². The largest absolute Gasteiger partial charge is 0.396 e. The molecule has 1 unspecified atom stereocenters. The molecule has 134 valence electrons. The second kappa shape index (κ2) is 19.0. The van der Waals surface area contributed by atoms with Crippen LogP contribution in [0.1, 0.15) is 110 Å². The molecule has 0 aliphatic rings. The van der Waals surface area contributed by atoms with Gasteiger partial charge in [-0.25, -0.2) is 0 Å². The predicted octanol–water partition coefficient (Wildman–Crippen LogP) is 5.82.